The second-order valence-electron chi connectivity index (χ2n) is 5.11. The molecule has 1 aliphatic heterocycles. The minimum atomic E-state index is -0.244. The number of hydrogen-bond donors (Lipinski definition) is 3. The lowest BCUT2D eigenvalue weighted by atomic mass is 9.97. The van der Waals surface area contributed by atoms with E-state index in [1.807, 2.05) is 6.07 Å². The number of phenols is 1. The molecule has 0 aliphatic carbocycles. The van der Waals surface area contributed by atoms with E-state index in [2.05, 4.69) is 10.9 Å². The van der Waals surface area contributed by atoms with Crippen LogP contribution in [-0.2, 0) is 0 Å². The number of benzene rings is 2. The Balaban J connectivity index is 1.79. The predicted octanol–water partition coefficient (Wildman–Crippen LogP) is 2.82. The number of ether oxygens (including phenoxy) is 1. The summed E-state index contributed by atoms with van der Waals surface area (Å²) in [6, 6.07) is 11.6. The maximum atomic E-state index is 13.0. The van der Waals surface area contributed by atoms with Crippen molar-refractivity contribution in [2.24, 2.45) is 0 Å². The fourth-order valence-electron chi connectivity index (χ4n) is 2.61. The van der Waals surface area contributed by atoms with E-state index >= 15 is 0 Å². The van der Waals surface area contributed by atoms with Gasteiger partial charge in [-0.2, -0.15) is 0 Å². The summed E-state index contributed by atoms with van der Waals surface area (Å²) >= 11 is 0. The molecule has 0 aromatic heterocycles. The van der Waals surface area contributed by atoms with Crippen molar-refractivity contribution >= 4 is 0 Å². The number of nitrogens with one attached hydrogen (secondary N) is 2. The van der Waals surface area contributed by atoms with Crippen molar-refractivity contribution in [1.29, 1.82) is 0 Å². The van der Waals surface area contributed by atoms with E-state index in [0.29, 0.717) is 5.75 Å². The van der Waals surface area contributed by atoms with Crippen molar-refractivity contribution in [3.8, 4) is 11.5 Å². The highest BCUT2D eigenvalue weighted by Gasteiger charge is 2.28. The topological polar surface area (TPSA) is 53.5 Å². The van der Waals surface area contributed by atoms with Crippen LogP contribution in [0.3, 0.4) is 0 Å². The van der Waals surface area contributed by atoms with Gasteiger partial charge in [0.15, 0.2) is 0 Å². The van der Waals surface area contributed by atoms with Gasteiger partial charge in [-0.3, -0.25) is 0 Å². The summed E-state index contributed by atoms with van der Waals surface area (Å²) in [6.07, 6.45) is 0.756. The molecular weight excluding hydrogens is 271 g/mol. The largest absolute Gasteiger partial charge is 0.508 e. The van der Waals surface area contributed by atoms with E-state index in [1.165, 1.54) is 12.1 Å². The normalized spacial score (nSPS) is 21.4. The maximum absolute atomic E-state index is 13.0. The first-order chi connectivity index (χ1) is 10.2. The lowest BCUT2D eigenvalue weighted by Crippen LogP contribution is -2.26. The first-order valence-electron chi connectivity index (χ1n) is 6.81. The highest BCUT2D eigenvalue weighted by molar-refractivity contribution is 5.42. The Kier molecular flexibility index (Phi) is 3.77. The number of hydrazine groups is 1. The molecule has 1 saturated heterocycles. The standard InChI is InChI=1S/C16H17FN2O2/c1-21-12-6-7-16(20)13(8-12)15-9-14(18-19-15)10-2-4-11(17)5-3-10/h2-8,14-15,18-20H,9H2,1H3. The summed E-state index contributed by atoms with van der Waals surface area (Å²) in [4.78, 5) is 0. The second-order valence-corrected chi connectivity index (χ2v) is 5.11. The fourth-order valence-corrected chi connectivity index (χ4v) is 2.61. The summed E-state index contributed by atoms with van der Waals surface area (Å²) in [5.74, 6) is 0.691. The molecule has 2 aromatic rings. The molecule has 4 nitrogen and oxygen atoms in total. The van der Waals surface area contributed by atoms with Crippen molar-refractivity contribution in [1.82, 2.24) is 10.9 Å². The van der Waals surface area contributed by atoms with E-state index in [1.54, 1.807) is 31.4 Å². The van der Waals surface area contributed by atoms with Gasteiger partial charge in [-0.15, -0.1) is 0 Å². The summed E-state index contributed by atoms with van der Waals surface area (Å²) in [6.45, 7) is 0. The van der Waals surface area contributed by atoms with Gasteiger partial charge in [-0.1, -0.05) is 12.1 Å². The zero-order chi connectivity index (χ0) is 14.8. The third-order valence-electron chi connectivity index (χ3n) is 3.79. The van der Waals surface area contributed by atoms with Crippen LogP contribution in [0.15, 0.2) is 42.5 Å². The molecule has 2 unspecified atom stereocenters. The maximum Gasteiger partial charge on any atom is 0.123 e. The van der Waals surface area contributed by atoms with Gasteiger partial charge in [0.05, 0.1) is 13.2 Å². The number of methoxy groups -OCH3 is 1. The summed E-state index contributed by atoms with van der Waals surface area (Å²) in [5.41, 5.74) is 8.14. The Bertz CT molecular complexity index is 631. The van der Waals surface area contributed by atoms with Crippen molar-refractivity contribution in [2.75, 3.05) is 7.11 Å². The van der Waals surface area contributed by atoms with Crippen LogP contribution in [0.2, 0.25) is 0 Å². The van der Waals surface area contributed by atoms with Crippen LogP contribution in [0.25, 0.3) is 0 Å². The highest BCUT2D eigenvalue weighted by Crippen LogP contribution is 2.36. The minimum Gasteiger partial charge on any atom is -0.508 e. The zero-order valence-corrected chi connectivity index (χ0v) is 11.6. The van der Waals surface area contributed by atoms with E-state index in [9.17, 15) is 9.50 Å². The van der Waals surface area contributed by atoms with Crippen molar-refractivity contribution in [3.05, 3.63) is 59.4 Å². The first kappa shape index (κ1) is 13.9. The third-order valence-corrected chi connectivity index (χ3v) is 3.79. The fraction of sp³-hybridized carbons (Fsp3) is 0.250. The van der Waals surface area contributed by atoms with Crippen LogP contribution in [0.1, 0.15) is 29.6 Å². The SMILES string of the molecule is COc1ccc(O)c(C2CC(c3ccc(F)cc3)NN2)c1. The molecule has 0 spiro atoms. The molecule has 0 radical (unpaired) electrons. The van der Waals surface area contributed by atoms with Gasteiger partial charge in [0, 0.05) is 11.6 Å². The molecule has 0 bridgehead atoms. The highest BCUT2D eigenvalue weighted by atomic mass is 19.1. The monoisotopic (exact) mass is 288 g/mol. The molecule has 5 heteroatoms. The van der Waals surface area contributed by atoms with Crippen LogP contribution in [0, 0.1) is 5.82 Å². The van der Waals surface area contributed by atoms with E-state index < -0.39 is 0 Å². The molecule has 1 fully saturated rings. The van der Waals surface area contributed by atoms with Gasteiger partial charge in [0.2, 0.25) is 0 Å². The van der Waals surface area contributed by atoms with Gasteiger partial charge >= 0.3 is 0 Å². The molecule has 3 N–H and O–H groups in total. The van der Waals surface area contributed by atoms with E-state index in [0.717, 1.165) is 17.5 Å². The lowest BCUT2D eigenvalue weighted by Gasteiger charge is -2.13. The molecule has 21 heavy (non-hydrogen) atoms. The van der Waals surface area contributed by atoms with Crippen molar-refractivity contribution < 1.29 is 14.2 Å². The molecule has 2 atom stereocenters. The minimum absolute atomic E-state index is 0.0323. The van der Waals surface area contributed by atoms with Gasteiger partial charge in [0.1, 0.15) is 17.3 Å². The van der Waals surface area contributed by atoms with Crippen molar-refractivity contribution in [3.63, 3.8) is 0 Å². The Morgan fingerprint density at radius 3 is 2.52 bits per heavy atom. The van der Waals surface area contributed by atoms with Gasteiger partial charge in [0.25, 0.3) is 0 Å². The molecule has 1 aliphatic rings. The number of hydrogen-bond acceptors (Lipinski definition) is 4. The summed E-state index contributed by atoms with van der Waals surface area (Å²) in [7, 11) is 1.60. The molecule has 2 aromatic carbocycles. The second kappa shape index (κ2) is 5.71. The summed E-state index contributed by atoms with van der Waals surface area (Å²) < 4.78 is 18.2. The van der Waals surface area contributed by atoms with Crippen LogP contribution < -0.4 is 15.6 Å². The zero-order valence-electron chi connectivity index (χ0n) is 11.6. The van der Waals surface area contributed by atoms with Gasteiger partial charge < -0.3 is 9.84 Å². The van der Waals surface area contributed by atoms with Crippen LogP contribution in [-0.4, -0.2) is 12.2 Å². The molecule has 1 heterocycles. The summed E-state index contributed by atoms with van der Waals surface area (Å²) in [5, 5.41) is 10.0. The van der Waals surface area contributed by atoms with Crippen LogP contribution in [0.4, 0.5) is 4.39 Å². The predicted molar refractivity (Wildman–Crippen MR) is 77.4 cm³/mol. The number of phenolic OH excluding ortho intramolecular Hbond substituents is 1. The first-order valence-corrected chi connectivity index (χ1v) is 6.81. The number of halogens is 1. The average Bonchev–Trinajstić information content (AvgIpc) is 2.98. The van der Waals surface area contributed by atoms with Gasteiger partial charge in [-0.05, 0) is 42.3 Å². The number of aromatic hydroxyl groups is 1. The van der Waals surface area contributed by atoms with Crippen LogP contribution in [0.5, 0.6) is 11.5 Å². The Labute approximate surface area is 122 Å². The Morgan fingerprint density at radius 2 is 1.81 bits per heavy atom. The van der Waals surface area contributed by atoms with Crippen LogP contribution >= 0.6 is 0 Å². The molecule has 0 amide bonds. The van der Waals surface area contributed by atoms with E-state index in [-0.39, 0.29) is 23.7 Å². The Hall–Kier alpha value is -2.11. The quantitative estimate of drug-likeness (QED) is 0.813. The molecular formula is C16H17FN2O2. The average molecular weight is 288 g/mol. The molecule has 3 rings (SSSR count). The smallest absolute Gasteiger partial charge is 0.123 e. The van der Waals surface area contributed by atoms with E-state index in [4.69, 9.17) is 4.74 Å². The molecule has 0 saturated carbocycles. The number of rotatable bonds is 3. The third kappa shape index (κ3) is 2.84. The van der Waals surface area contributed by atoms with Crippen molar-refractivity contribution in [2.45, 2.75) is 18.5 Å². The van der Waals surface area contributed by atoms with Gasteiger partial charge in [-0.25, -0.2) is 15.2 Å². The Morgan fingerprint density at radius 1 is 1.10 bits per heavy atom. The molecule has 110 valence electrons. The lowest BCUT2D eigenvalue weighted by molar-refractivity contribution is 0.407.